The molecule has 0 saturated carbocycles. The molecule has 0 spiro atoms. The molecular formula is C5H10N2S2. The average molecular weight is 162 g/mol. The lowest BCUT2D eigenvalue weighted by molar-refractivity contribution is 1.01. The second kappa shape index (κ2) is 3.85. The van der Waals surface area contributed by atoms with Crippen molar-refractivity contribution in [1.82, 2.24) is 4.31 Å². The summed E-state index contributed by atoms with van der Waals surface area (Å²) >= 11 is 8.89. The molecule has 0 heterocycles. The van der Waals surface area contributed by atoms with E-state index in [4.69, 9.17) is 12.2 Å². The molecule has 4 heteroatoms. The van der Waals surface area contributed by atoms with Gasteiger partial charge >= 0.3 is 0 Å². The molecule has 0 N–H and O–H groups in total. The zero-order chi connectivity index (χ0) is 7.44. The van der Waals surface area contributed by atoms with Gasteiger partial charge in [0.15, 0.2) is 0 Å². The van der Waals surface area contributed by atoms with E-state index in [2.05, 4.69) is 17.8 Å². The van der Waals surface area contributed by atoms with Gasteiger partial charge in [0.1, 0.15) is 5.84 Å². The zero-order valence-corrected chi connectivity index (χ0v) is 7.46. The minimum absolute atomic E-state index is 0.710. The van der Waals surface area contributed by atoms with Gasteiger partial charge in [-0.15, -0.1) is 0 Å². The average Bonchev–Trinajstić information content (AvgIpc) is 1.84. The Bertz CT molecular complexity index is 142. The quantitative estimate of drug-likeness (QED) is 0.251. The van der Waals surface area contributed by atoms with E-state index in [-0.39, 0.29) is 0 Å². The van der Waals surface area contributed by atoms with E-state index in [1.807, 2.05) is 6.92 Å². The number of thiocarbonyl (C=S) groups is 1. The van der Waals surface area contributed by atoms with Crippen LogP contribution in [0.15, 0.2) is 4.99 Å². The summed E-state index contributed by atoms with van der Waals surface area (Å²) in [6.07, 6.45) is 0. The number of hydrogen-bond acceptors (Lipinski definition) is 3. The summed E-state index contributed by atoms with van der Waals surface area (Å²) in [5.41, 5.74) is 0. The van der Waals surface area contributed by atoms with Gasteiger partial charge in [-0.3, -0.25) is 9.30 Å². The van der Waals surface area contributed by atoms with Gasteiger partial charge in [0.05, 0.1) is 4.99 Å². The summed E-state index contributed by atoms with van der Waals surface area (Å²) in [4.78, 5) is 4.60. The monoisotopic (exact) mass is 162 g/mol. The molecule has 52 valence electrons. The fraction of sp³-hybridized carbons (Fsp3) is 0.600. The molecule has 9 heavy (non-hydrogen) atoms. The molecular weight excluding hydrogens is 152 g/mol. The maximum Gasteiger partial charge on any atom is 0.110 e. The van der Waals surface area contributed by atoms with Crippen LogP contribution in [0.5, 0.6) is 0 Å². The Labute approximate surface area is 66.5 Å². The molecule has 0 rings (SSSR count). The Morgan fingerprint density at radius 3 is 2.11 bits per heavy atom. The molecule has 0 aromatic carbocycles. The number of thiol groups is 1. The number of nitrogens with zero attached hydrogens (tertiary/aromatic N) is 2. The lowest BCUT2D eigenvalue weighted by Gasteiger charge is -2.13. The minimum atomic E-state index is 0.710. The topological polar surface area (TPSA) is 15.6 Å². The molecule has 0 fully saturated rings. The third kappa shape index (κ3) is 2.81. The van der Waals surface area contributed by atoms with Crippen LogP contribution in [-0.2, 0) is 0 Å². The Hall–Kier alpha value is -0.0900. The Kier molecular flexibility index (Phi) is 3.81. The molecule has 0 aromatic heterocycles. The molecule has 0 radical (unpaired) electrons. The lowest BCUT2D eigenvalue weighted by Crippen LogP contribution is -2.21. The molecule has 0 atom stereocenters. The van der Waals surface area contributed by atoms with E-state index in [0.717, 1.165) is 5.84 Å². The van der Waals surface area contributed by atoms with Crippen LogP contribution in [0.4, 0.5) is 0 Å². The molecule has 0 aromatic rings. The Morgan fingerprint density at radius 1 is 1.56 bits per heavy atom. The van der Waals surface area contributed by atoms with E-state index in [1.54, 1.807) is 18.3 Å². The first-order valence-electron chi connectivity index (χ1n) is 2.52. The molecule has 0 amide bonds. The van der Waals surface area contributed by atoms with Crippen LogP contribution in [-0.4, -0.2) is 22.2 Å². The van der Waals surface area contributed by atoms with E-state index in [9.17, 15) is 0 Å². The first kappa shape index (κ1) is 8.91. The van der Waals surface area contributed by atoms with Gasteiger partial charge in [0.2, 0.25) is 0 Å². The molecule has 0 saturated heterocycles. The van der Waals surface area contributed by atoms with E-state index in [0.29, 0.717) is 4.99 Å². The van der Waals surface area contributed by atoms with Gasteiger partial charge in [0, 0.05) is 7.05 Å². The summed E-state index contributed by atoms with van der Waals surface area (Å²) in [5.74, 6) is 0.811. The largest absolute Gasteiger partial charge is 0.275 e. The number of amidine groups is 1. The fourth-order valence-electron chi connectivity index (χ4n) is 0.323. The van der Waals surface area contributed by atoms with Crippen LogP contribution >= 0.6 is 25.0 Å². The maximum absolute atomic E-state index is 4.83. The van der Waals surface area contributed by atoms with Crippen LogP contribution in [0.25, 0.3) is 0 Å². The highest BCUT2D eigenvalue weighted by Crippen LogP contribution is 1.97. The highest BCUT2D eigenvalue weighted by molar-refractivity contribution is 7.84. The predicted molar refractivity (Wildman–Crippen MR) is 48.1 cm³/mol. The Balaban J connectivity index is 4.04. The molecule has 0 aliphatic rings. The molecule has 0 aliphatic heterocycles. The third-order valence-electron chi connectivity index (χ3n) is 0.928. The molecule has 0 bridgehead atoms. The van der Waals surface area contributed by atoms with Gasteiger partial charge in [-0.2, -0.15) is 0 Å². The van der Waals surface area contributed by atoms with Crippen molar-refractivity contribution >= 4 is 35.9 Å². The van der Waals surface area contributed by atoms with Crippen LogP contribution in [0, 0.1) is 0 Å². The van der Waals surface area contributed by atoms with Crippen LogP contribution in [0.2, 0.25) is 0 Å². The minimum Gasteiger partial charge on any atom is -0.275 e. The number of aliphatic imine (C=N–C) groups is 1. The SMILES string of the molecule is C/N=C(/C)N(S)C(C)=S. The number of rotatable bonds is 0. The van der Waals surface area contributed by atoms with E-state index < -0.39 is 0 Å². The predicted octanol–water partition coefficient (Wildman–Crippen LogP) is 1.53. The van der Waals surface area contributed by atoms with Crippen molar-refractivity contribution < 1.29 is 0 Å². The summed E-state index contributed by atoms with van der Waals surface area (Å²) in [7, 11) is 1.71. The first-order chi connectivity index (χ1) is 4.09. The highest BCUT2D eigenvalue weighted by atomic mass is 32.1. The lowest BCUT2D eigenvalue weighted by atomic mass is 10.6. The first-order valence-corrected chi connectivity index (χ1v) is 3.33. The summed E-state index contributed by atoms with van der Waals surface area (Å²) in [5, 5.41) is 0. The van der Waals surface area contributed by atoms with Crippen LogP contribution in [0.1, 0.15) is 13.8 Å². The summed E-state index contributed by atoms with van der Waals surface area (Å²) < 4.78 is 1.56. The zero-order valence-electron chi connectivity index (χ0n) is 5.75. The van der Waals surface area contributed by atoms with Crippen LogP contribution in [0.3, 0.4) is 0 Å². The van der Waals surface area contributed by atoms with Crippen LogP contribution < -0.4 is 0 Å². The molecule has 2 nitrogen and oxygen atoms in total. The van der Waals surface area contributed by atoms with Crippen molar-refractivity contribution in [2.45, 2.75) is 13.8 Å². The second-order valence-corrected chi connectivity index (χ2v) is 2.59. The van der Waals surface area contributed by atoms with Gasteiger partial charge < -0.3 is 0 Å². The summed E-state index contributed by atoms with van der Waals surface area (Å²) in [6, 6.07) is 0. The van der Waals surface area contributed by atoms with Crippen molar-refractivity contribution in [3.05, 3.63) is 0 Å². The van der Waals surface area contributed by atoms with Crippen molar-refractivity contribution in [1.29, 1.82) is 0 Å². The van der Waals surface area contributed by atoms with Gasteiger partial charge in [-0.05, 0) is 13.8 Å². The second-order valence-electron chi connectivity index (χ2n) is 1.60. The van der Waals surface area contributed by atoms with E-state index >= 15 is 0 Å². The molecule has 0 unspecified atom stereocenters. The van der Waals surface area contributed by atoms with Gasteiger partial charge in [-0.25, -0.2) is 0 Å². The Morgan fingerprint density at radius 2 is 2.00 bits per heavy atom. The van der Waals surface area contributed by atoms with Crippen molar-refractivity contribution in [2.24, 2.45) is 4.99 Å². The normalized spacial score (nSPS) is 11.3. The smallest absolute Gasteiger partial charge is 0.110 e. The van der Waals surface area contributed by atoms with Crippen molar-refractivity contribution in [3.63, 3.8) is 0 Å². The van der Waals surface area contributed by atoms with Crippen molar-refractivity contribution in [3.8, 4) is 0 Å². The van der Waals surface area contributed by atoms with Crippen molar-refractivity contribution in [2.75, 3.05) is 7.05 Å². The fourth-order valence-corrected chi connectivity index (χ4v) is 0.544. The number of hydrogen-bond donors (Lipinski definition) is 1. The summed E-state index contributed by atoms with van der Waals surface area (Å²) in [6.45, 7) is 3.65. The highest BCUT2D eigenvalue weighted by Gasteiger charge is 2.00. The standard InChI is InChI=1S/C5H10N2S2/c1-4(6-3)7(9)5(2)8/h9H,1-3H3/b6-4-. The van der Waals surface area contributed by atoms with E-state index in [1.165, 1.54) is 0 Å². The molecule has 0 aliphatic carbocycles. The maximum atomic E-state index is 4.83. The third-order valence-corrected chi connectivity index (χ3v) is 1.84. The van der Waals surface area contributed by atoms with Gasteiger partial charge in [-0.1, -0.05) is 25.0 Å². The van der Waals surface area contributed by atoms with Gasteiger partial charge in [0.25, 0.3) is 0 Å².